The number of nitrogens with one attached hydrogen (secondary N) is 1. The van der Waals surface area contributed by atoms with Crippen molar-refractivity contribution in [3.05, 3.63) is 48.5 Å². The van der Waals surface area contributed by atoms with Gasteiger partial charge in [-0.15, -0.1) is 0 Å². The third-order valence-electron chi connectivity index (χ3n) is 5.10. The predicted octanol–water partition coefficient (Wildman–Crippen LogP) is 2.80. The van der Waals surface area contributed by atoms with Crippen LogP contribution in [0.1, 0.15) is 12.8 Å². The molecule has 7 nitrogen and oxygen atoms in total. The van der Waals surface area contributed by atoms with E-state index in [4.69, 9.17) is 4.74 Å². The second-order valence-corrected chi connectivity index (χ2v) is 9.22. The standard InChI is InChI=1S/C21H27N3O4S/c1-23(2)20-9-5-4-8-19(20)22-21(25)16-7-6-14-24(15-16)29(26,27)18-12-10-17(28-3)11-13-18/h4-5,8-13,16H,6-7,14-15H2,1-3H3,(H,22,25). The molecule has 2 aromatic rings. The summed E-state index contributed by atoms with van der Waals surface area (Å²) in [4.78, 5) is 15.0. The minimum absolute atomic E-state index is 0.158. The molecule has 0 saturated carbocycles. The molecule has 29 heavy (non-hydrogen) atoms. The van der Waals surface area contributed by atoms with E-state index in [1.165, 1.54) is 23.5 Å². The van der Waals surface area contributed by atoms with Crippen LogP contribution in [0.3, 0.4) is 0 Å². The molecule has 1 N–H and O–H groups in total. The summed E-state index contributed by atoms with van der Waals surface area (Å²) in [7, 11) is 1.70. The summed E-state index contributed by atoms with van der Waals surface area (Å²) in [5.74, 6) is 0.0420. The Hall–Kier alpha value is -2.58. The Morgan fingerprint density at radius 2 is 1.83 bits per heavy atom. The first-order chi connectivity index (χ1) is 13.8. The molecule has 156 valence electrons. The molecule has 1 saturated heterocycles. The minimum Gasteiger partial charge on any atom is -0.497 e. The number of ether oxygens (including phenoxy) is 1. The van der Waals surface area contributed by atoms with E-state index in [1.54, 1.807) is 12.1 Å². The lowest BCUT2D eigenvalue weighted by Crippen LogP contribution is -2.43. The van der Waals surface area contributed by atoms with Crippen molar-refractivity contribution in [2.24, 2.45) is 5.92 Å². The van der Waals surface area contributed by atoms with Crippen LogP contribution in [0.2, 0.25) is 0 Å². The summed E-state index contributed by atoms with van der Waals surface area (Å²) >= 11 is 0. The van der Waals surface area contributed by atoms with Crippen molar-refractivity contribution in [2.75, 3.05) is 44.5 Å². The number of para-hydroxylation sites is 2. The second kappa shape index (κ2) is 8.84. The molecule has 0 radical (unpaired) electrons. The maximum Gasteiger partial charge on any atom is 0.243 e. The number of hydrogen-bond acceptors (Lipinski definition) is 5. The fourth-order valence-electron chi connectivity index (χ4n) is 3.48. The largest absolute Gasteiger partial charge is 0.497 e. The molecule has 3 rings (SSSR count). The molecule has 1 fully saturated rings. The number of sulfonamides is 1. The van der Waals surface area contributed by atoms with Crippen molar-refractivity contribution >= 4 is 27.3 Å². The summed E-state index contributed by atoms with van der Waals surface area (Å²) in [6.07, 6.45) is 1.30. The van der Waals surface area contributed by atoms with Gasteiger partial charge in [-0.1, -0.05) is 12.1 Å². The molecule has 1 atom stereocenters. The average Bonchev–Trinajstić information content (AvgIpc) is 2.74. The number of piperidine rings is 1. The van der Waals surface area contributed by atoms with Crippen molar-refractivity contribution in [1.29, 1.82) is 0 Å². The highest BCUT2D eigenvalue weighted by Crippen LogP contribution is 2.28. The third-order valence-corrected chi connectivity index (χ3v) is 6.98. The number of carbonyl (C=O) groups is 1. The van der Waals surface area contributed by atoms with Gasteiger partial charge in [0.25, 0.3) is 0 Å². The minimum atomic E-state index is -3.66. The monoisotopic (exact) mass is 417 g/mol. The van der Waals surface area contributed by atoms with Crippen molar-refractivity contribution < 1.29 is 17.9 Å². The second-order valence-electron chi connectivity index (χ2n) is 7.28. The van der Waals surface area contributed by atoms with Crippen LogP contribution >= 0.6 is 0 Å². The van der Waals surface area contributed by atoms with Crippen LogP contribution in [-0.2, 0) is 14.8 Å². The van der Waals surface area contributed by atoms with E-state index in [9.17, 15) is 13.2 Å². The van der Waals surface area contributed by atoms with Crippen LogP contribution < -0.4 is 15.0 Å². The Bertz CT molecular complexity index is 958. The Morgan fingerprint density at radius 3 is 2.48 bits per heavy atom. The molecule has 1 amide bonds. The van der Waals surface area contributed by atoms with Crippen molar-refractivity contribution in [3.8, 4) is 5.75 Å². The maximum atomic E-state index is 13.0. The maximum absolute atomic E-state index is 13.0. The van der Waals surface area contributed by atoms with Gasteiger partial charge in [0.05, 0.1) is 29.3 Å². The summed E-state index contributed by atoms with van der Waals surface area (Å²) in [5.41, 5.74) is 1.62. The zero-order valence-electron chi connectivity index (χ0n) is 17.0. The van der Waals surface area contributed by atoms with E-state index >= 15 is 0 Å². The van der Waals surface area contributed by atoms with Gasteiger partial charge in [0.15, 0.2) is 0 Å². The highest BCUT2D eigenvalue weighted by atomic mass is 32.2. The number of amides is 1. The SMILES string of the molecule is COc1ccc(S(=O)(=O)N2CCCC(C(=O)Nc3ccccc3N(C)C)C2)cc1. The number of hydrogen-bond donors (Lipinski definition) is 1. The number of methoxy groups -OCH3 is 1. The Morgan fingerprint density at radius 1 is 1.14 bits per heavy atom. The lowest BCUT2D eigenvalue weighted by atomic mass is 9.98. The van der Waals surface area contributed by atoms with Crippen LogP contribution in [0.25, 0.3) is 0 Å². The first kappa shape index (κ1) is 21.1. The summed E-state index contributed by atoms with van der Waals surface area (Å²) in [6.45, 7) is 0.580. The quantitative estimate of drug-likeness (QED) is 0.782. The number of benzene rings is 2. The van der Waals surface area contributed by atoms with Crippen LogP contribution in [0.5, 0.6) is 5.75 Å². The molecule has 0 spiro atoms. The van der Waals surface area contributed by atoms with Gasteiger partial charge < -0.3 is 15.0 Å². The predicted molar refractivity (Wildman–Crippen MR) is 114 cm³/mol. The van der Waals surface area contributed by atoms with Crippen LogP contribution in [0.15, 0.2) is 53.4 Å². The molecular formula is C21H27N3O4S. The summed E-state index contributed by atoms with van der Waals surface area (Å²) in [6, 6.07) is 13.9. The summed E-state index contributed by atoms with van der Waals surface area (Å²) < 4.78 is 32.5. The first-order valence-corrected chi connectivity index (χ1v) is 11.0. The number of nitrogens with zero attached hydrogens (tertiary/aromatic N) is 2. The van der Waals surface area contributed by atoms with Crippen molar-refractivity contribution in [2.45, 2.75) is 17.7 Å². The number of anilines is 2. The van der Waals surface area contributed by atoms with Gasteiger partial charge in [0.2, 0.25) is 15.9 Å². The van der Waals surface area contributed by atoms with Gasteiger partial charge in [-0.25, -0.2) is 8.42 Å². The topological polar surface area (TPSA) is 79.0 Å². The van der Waals surface area contributed by atoms with E-state index in [2.05, 4.69) is 5.32 Å². The van der Waals surface area contributed by atoms with Crippen LogP contribution in [-0.4, -0.2) is 52.9 Å². The van der Waals surface area contributed by atoms with Gasteiger partial charge in [-0.3, -0.25) is 4.79 Å². The zero-order chi connectivity index (χ0) is 21.0. The highest BCUT2D eigenvalue weighted by molar-refractivity contribution is 7.89. The molecule has 0 bridgehead atoms. The van der Waals surface area contributed by atoms with Gasteiger partial charge in [0, 0.05) is 27.2 Å². The van der Waals surface area contributed by atoms with Gasteiger partial charge in [-0.2, -0.15) is 4.31 Å². The molecule has 8 heteroatoms. The molecule has 0 aromatic heterocycles. The molecular weight excluding hydrogens is 390 g/mol. The lowest BCUT2D eigenvalue weighted by molar-refractivity contribution is -0.120. The smallest absolute Gasteiger partial charge is 0.243 e. The molecule has 1 aliphatic rings. The first-order valence-electron chi connectivity index (χ1n) is 9.54. The van der Waals surface area contributed by atoms with Crippen molar-refractivity contribution in [3.63, 3.8) is 0 Å². The highest BCUT2D eigenvalue weighted by Gasteiger charge is 2.33. The fourth-order valence-corrected chi connectivity index (χ4v) is 5.00. The van der Waals surface area contributed by atoms with Gasteiger partial charge >= 0.3 is 0 Å². The van der Waals surface area contributed by atoms with Gasteiger partial charge in [-0.05, 0) is 49.2 Å². The number of carbonyl (C=O) groups excluding carboxylic acids is 1. The molecule has 0 aliphatic carbocycles. The third kappa shape index (κ3) is 4.71. The number of rotatable bonds is 6. The molecule has 1 unspecified atom stereocenters. The fraction of sp³-hybridized carbons (Fsp3) is 0.381. The molecule has 1 aliphatic heterocycles. The van der Waals surface area contributed by atoms with Crippen molar-refractivity contribution in [1.82, 2.24) is 4.31 Å². The summed E-state index contributed by atoms with van der Waals surface area (Å²) in [5, 5.41) is 2.97. The average molecular weight is 418 g/mol. The Kier molecular flexibility index (Phi) is 6.44. The lowest BCUT2D eigenvalue weighted by Gasteiger charge is -2.31. The van der Waals surface area contributed by atoms with Gasteiger partial charge in [0.1, 0.15) is 5.75 Å². The zero-order valence-corrected chi connectivity index (χ0v) is 17.8. The molecule has 1 heterocycles. The normalized spacial score (nSPS) is 17.6. The molecule has 2 aromatic carbocycles. The van der Waals surface area contributed by atoms with E-state index in [1.807, 2.05) is 43.3 Å². The Labute approximate surface area is 172 Å². The van der Waals surface area contributed by atoms with Crippen LogP contribution in [0, 0.1) is 5.92 Å². The van der Waals surface area contributed by atoms with E-state index < -0.39 is 15.9 Å². The Balaban J connectivity index is 1.74. The van der Waals surface area contributed by atoms with E-state index in [-0.39, 0.29) is 17.3 Å². The van der Waals surface area contributed by atoms with E-state index in [0.717, 1.165) is 11.4 Å². The van der Waals surface area contributed by atoms with E-state index in [0.29, 0.717) is 25.1 Å². The van der Waals surface area contributed by atoms with Crippen LogP contribution in [0.4, 0.5) is 11.4 Å².